The Morgan fingerprint density at radius 2 is 2.31 bits per heavy atom. The summed E-state index contributed by atoms with van der Waals surface area (Å²) in [4.78, 5) is 1.48. The smallest absolute Gasteiger partial charge is 0.0446 e. The highest BCUT2D eigenvalue weighted by atomic mass is 32.1. The zero-order valence-electron chi connectivity index (χ0n) is 8.50. The third-order valence-electron chi connectivity index (χ3n) is 3.15. The molecule has 0 aliphatic heterocycles. The Labute approximate surface area is 84.2 Å². The van der Waals surface area contributed by atoms with Gasteiger partial charge in [-0.2, -0.15) is 0 Å². The monoisotopic (exact) mass is 195 g/mol. The molecule has 72 valence electrons. The van der Waals surface area contributed by atoms with Gasteiger partial charge in [-0.15, -0.1) is 11.3 Å². The highest BCUT2D eigenvalue weighted by Gasteiger charge is 2.50. The zero-order chi connectivity index (χ0) is 9.47. The Balaban J connectivity index is 2.12. The van der Waals surface area contributed by atoms with E-state index in [0.717, 1.165) is 5.92 Å². The van der Waals surface area contributed by atoms with Crippen LogP contribution in [0.4, 0.5) is 0 Å². The molecule has 0 saturated heterocycles. The zero-order valence-corrected chi connectivity index (χ0v) is 9.32. The van der Waals surface area contributed by atoms with E-state index in [-0.39, 0.29) is 0 Å². The van der Waals surface area contributed by atoms with Gasteiger partial charge in [-0.3, -0.25) is 0 Å². The summed E-state index contributed by atoms with van der Waals surface area (Å²) in [6.07, 6.45) is 1.36. The molecule has 1 aliphatic carbocycles. The molecule has 0 amide bonds. The predicted octanol–water partition coefficient (Wildman–Crippen LogP) is 3.05. The lowest BCUT2D eigenvalue weighted by atomic mass is 10.0. The summed E-state index contributed by atoms with van der Waals surface area (Å²) in [5.41, 5.74) is 0.553. The lowest BCUT2D eigenvalue weighted by Gasteiger charge is -2.16. The number of nitrogens with one attached hydrogen (secondary N) is 1. The van der Waals surface area contributed by atoms with Crippen LogP contribution in [0.2, 0.25) is 0 Å². The van der Waals surface area contributed by atoms with Crippen LogP contribution in [0.25, 0.3) is 0 Å². The summed E-state index contributed by atoms with van der Waals surface area (Å²) >= 11 is 1.86. The first-order valence-electron chi connectivity index (χ1n) is 4.86. The summed E-state index contributed by atoms with van der Waals surface area (Å²) in [6, 6.07) is 4.95. The molecule has 1 heterocycles. The van der Waals surface area contributed by atoms with E-state index in [1.54, 1.807) is 0 Å². The van der Waals surface area contributed by atoms with Crippen LogP contribution in [0.1, 0.15) is 31.2 Å². The van der Waals surface area contributed by atoms with Crippen molar-refractivity contribution in [2.45, 2.75) is 26.3 Å². The molecule has 2 unspecified atom stereocenters. The largest absolute Gasteiger partial charge is 0.312 e. The predicted molar refractivity (Wildman–Crippen MR) is 58.0 cm³/mol. The normalized spacial score (nSPS) is 27.2. The topological polar surface area (TPSA) is 12.0 Å². The van der Waals surface area contributed by atoms with Gasteiger partial charge >= 0.3 is 0 Å². The maximum Gasteiger partial charge on any atom is 0.0446 e. The van der Waals surface area contributed by atoms with Crippen LogP contribution in [0.3, 0.4) is 0 Å². The van der Waals surface area contributed by atoms with Crippen LogP contribution >= 0.6 is 11.3 Å². The van der Waals surface area contributed by atoms with Gasteiger partial charge in [0.25, 0.3) is 0 Å². The molecule has 0 radical (unpaired) electrons. The first-order chi connectivity index (χ1) is 6.15. The Hall–Kier alpha value is -0.340. The van der Waals surface area contributed by atoms with E-state index in [1.165, 1.54) is 11.3 Å². The molecule has 2 atom stereocenters. The summed E-state index contributed by atoms with van der Waals surface area (Å²) in [5.74, 6) is 0.830. The van der Waals surface area contributed by atoms with E-state index >= 15 is 0 Å². The van der Waals surface area contributed by atoms with E-state index < -0.39 is 0 Å². The van der Waals surface area contributed by atoms with Crippen LogP contribution in [-0.4, -0.2) is 7.05 Å². The van der Waals surface area contributed by atoms with Crippen LogP contribution in [0, 0.1) is 11.3 Å². The van der Waals surface area contributed by atoms with Gasteiger partial charge in [-0.25, -0.2) is 0 Å². The second-order valence-electron chi connectivity index (χ2n) is 4.58. The molecule has 2 rings (SSSR count). The van der Waals surface area contributed by atoms with Crippen molar-refractivity contribution in [2.24, 2.45) is 11.3 Å². The summed E-state index contributed by atoms with van der Waals surface area (Å²) < 4.78 is 0. The first-order valence-corrected chi connectivity index (χ1v) is 5.74. The fourth-order valence-electron chi connectivity index (χ4n) is 2.09. The van der Waals surface area contributed by atoms with Crippen molar-refractivity contribution in [1.82, 2.24) is 5.32 Å². The Bertz CT molecular complexity index is 276. The van der Waals surface area contributed by atoms with Gasteiger partial charge in [0.1, 0.15) is 0 Å². The van der Waals surface area contributed by atoms with Crippen LogP contribution in [0.15, 0.2) is 17.5 Å². The van der Waals surface area contributed by atoms with Crippen LogP contribution < -0.4 is 5.32 Å². The highest BCUT2D eigenvalue weighted by molar-refractivity contribution is 7.10. The van der Waals surface area contributed by atoms with Gasteiger partial charge in [0.2, 0.25) is 0 Å². The second kappa shape index (κ2) is 3.10. The van der Waals surface area contributed by atoms with Crippen molar-refractivity contribution >= 4 is 11.3 Å². The van der Waals surface area contributed by atoms with Gasteiger partial charge in [0, 0.05) is 10.9 Å². The Kier molecular flexibility index (Phi) is 2.20. The van der Waals surface area contributed by atoms with Crippen molar-refractivity contribution in [2.75, 3.05) is 7.05 Å². The SMILES string of the molecule is CNC(c1cccs1)C1CC1(C)C. The maximum absolute atomic E-state index is 3.43. The van der Waals surface area contributed by atoms with Crippen LogP contribution in [0.5, 0.6) is 0 Å². The first kappa shape index (κ1) is 9.22. The molecular weight excluding hydrogens is 178 g/mol. The van der Waals surface area contributed by atoms with E-state index in [4.69, 9.17) is 0 Å². The van der Waals surface area contributed by atoms with Crippen molar-refractivity contribution < 1.29 is 0 Å². The van der Waals surface area contributed by atoms with E-state index in [9.17, 15) is 0 Å². The molecule has 2 heteroatoms. The number of hydrogen-bond acceptors (Lipinski definition) is 2. The highest BCUT2D eigenvalue weighted by Crippen LogP contribution is 2.58. The minimum Gasteiger partial charge on any atom is -0.312 e. The third kappa shape index (κ3) is 1.65. The molecule has 1 aromatic heterocycles. The van der Waals surface area contributed by atoms with Gasteiger partial charge in [0.05, 0.1) is 0 Å². The van der Waals surface area contributed by atoms with E-state index in [1.807, 2.05) is 11.3 Å². The fourth-order valence-corrected chi connectivity index (χ4v) is 2.99. The lowest BCUT2D eigenvalue weighted by molar-refractivity contribution is 0.446. The number of hydrogen-bond donors (Lipinski definition) is 1. The molecule has 1 saturated carbocycles. The van der Waals surface area contributed by atoms with Crippen molar-refractivity contribution in [1.29, 1.82) is 0 Å². The average Bonchev–Trinajstić information content (AvgIpc) is 2.55. The van der Waals surface area contributed by atoms with Crippen molar-refractivity contribution in [3.63, 3.8) is 0 Å². The molecule has 0 spiro atoms. The third-order valence-corrected chi connectivity index (χ3v) is 4.11. The minimum absolute atomic E-state index is 0.553. The molecule has 1 fully saturated rings. The molecule has 1 N–H and O–H groups in total. The van der Waals surface area contributed by atoms with Crippen LogP contribution in [-0.2, 0) is 0 Å². The Morgan fingerprint density at radius 1 is 1.62 bits per heavy atom. The molecule has 0 aromatic carbocycles. The molecule has 0 bridgehead atoms. The summed E-state index contributed by atoms with van der Waals surface area (Å²) in [7, 11) is 2.07. The molecule has 13 heavy (non-hydrogen) atoms. The number of thiophene rings is 1. The van der Waals surface area contributed by atoms with Crippen molar-refractivity contribution in [3.8, 4) is 0 Å². The van der Waals surface area contributed by atoms with Gasteiger partial charge < -0.3 is 5.32 Å². The van der Waals surface area contributed by atoms with Gasteiger partial charge in [-0.1, -0.05) is 19.9 Å². The average molecular weight is 195 g/mol. The fraction of sp³-hybridized carbons (Fsp3) is 0.636. The molecular formula is C11H17NS. The second-order valence-corrected chi connectivity index (χ2v) is 5.56. The number of rotatable bonds is 3. The molecule has 1 nitrogen and oxygen atoms in total. The lowest BCUT2D eigenvalue weighted by Crippen LogP contribution is -2.19. The maximum atomic E-state index is 3.43. The molecule has 1 aliphatic rings. The standard InChI is InChI=1S/C11H17NS/c1-11(2)7-8(11)10(12-3)9-5-4-6-13-9/h4-6,8,10,12H,7H2,1-3H3. The van der Waals surface area contributed by atoms with Gasteiger partial charge in [0.15, 0.2) is 0 Å². The summed E-state index contributed by atoms with van der Waals surface area (Å²) in [5, 5.41) is 5.59. The molecule has 1 aromatic rings. The quantitative estimate of drug-likeness (QED) is 0.781. The Morgan fingerprint density at radius 3 is 2.69 bits per heavy atom. The van der Waals surface area contributed by atoms with Gasteiger partial charge in [-0.05, 0) is 36.2 Å². The summed E-state index contributed by atoms with van der Waals surface area (Å²) in [6.45, 7) is 4.71. The minimum atomic E-state index is 0.553. The van der Waals surface area contributed by atoms with E-state index in [0.29, 0.717) is 11.5 Å². The van der Waals surface area contributed by atoms with Crippen molar-refractivity contribution in [3.05, 3.63) is 22.4 Å². The van der Waals surface area contributed by atoms with E-state index in [2.05, 4.69) is 43.7 Å².